The van der Waals surface area contributed by atoms with Crippen LogP contribution >= 0.6 is 0 Å². The van der Waals surface area contributed by atoms with E-state index in [1.807, 2.05) is 0 Å². The highest BCUT2D eigenvalue weighted by molar-refractivity contribution is 7.90. The second-order valence-electron chi connectivity index (χ2n) is 6.40. The molecule has 152 valence electrons. The quantitative estimate of drug-likeness (QED) is 0.582. The maximum atomic E-state index is 12.4. The minimum absolute atomic E-state index is 0.101. The number of hydrogen-bond donors (Lipinski definition) is 2. The predicted molar refractivity (Wildman–Crippen MR) is 100 cm³/mol. The minimum atomic E-state index is -3.70. The summed E-state index contributed by atoms with van der Waals surface area (Å²) in [6.07, 6.45) is 0.301. The highest BCUT2D eigenvalue weighted by Gasteiger charge is 2.24. The van der Waals surface area contributed by atoms with Gasteiger partial charge in [-0.1, -0.05) is 0 Å². The van der Waals surface area contributed by atoms with Crippen LogP contribution in [-0.4, -0.2) is 49.5 Å². The van der Waals surface area contributed by atoms with Gasteiger partial charge in [0.05, 0.1) is 22.8 Å². The summed E-state index contributed by atoms with van der Waals surface area (Å²) in [5.74, 6) is 0. The molecule has 2 N–H and O–H groups in total. The van der Waals surface area contributed by atoms with Crippen LogP contribution in [0.15, 0.2) is 9.79 Å². The lowest BCUT2D eigenvalue weighted by Crippen LogP contribution is -2.30. The van der Waals surface area contributed by atoms with Crippen LogP contribution in [0.2, 0.25) is 0 Å². The van der Waals surface area contributed by atoms with Gasteiger partial charge in [0.1, 0.15) is 9.79 Å². The average molecular weight is 419 g/mol. The second kappa shape index (κ2) is 7.70. The molecular weight excluding hydrogens is 392 g/mol. The fraction of sp³-hybridized carbons (Fsp3) is 0.600. The van der Waals surface area contributed by atoms with Crippen molar-refractivity contribution >= 4 is 20.0 Å². The molecule has 2 aromatic heterocycles. The molecule has 0 aliphatic rings. The normalized spacial score (nSPS) is 12.7. The highest BCUT2D eigenvalue weighted by atomic mass is 32.2. The lowest BCUT2D eigenvalue weighted by molar-refractivity contribution is 0.571. The lowest BCUT2D eigenvalue weighted by Gasteiger charge is -2.09. The van der Waals surface area contributed by atoms with Gasteiger partial charge in [0.25, 0.3) is 0 Å². The van der Waals surface area contributed by atoms with E-state index in [2.05, 4.69) is 19.6 Å². The summed E-state index contributed by atoms with van der Waals surface area (Å²) in [6, 6.07) is 0. The first-order valence-corrected chi connectivity index (χ1v) is 11.3. The second-order valence-corrected chi connectivity index (χ2v) is 9.80. The van der Waals surface area contributed by atoms with E-state index in [0.717, 1.165) is 0 Å². The smallest absolute Gasteiger partial charge is 0.244 e. The Kier molecular flexibility index (Phi) is 6.14. The summed E-state index contributed by atoms with van der Waals surface area (Å²) in [7, 11) is -4.05. The third-order valence-corrected chi connectivity index (χ3v) is 7.79. The molecule has 27 heavy (non-hydrogen) atoms. The van der Waals surface area contributed by atoms with Crippen LogP contribution in [0.3, 0.4) is 0 Å². The minimum Gasteiger partial charge on any atom is -0.271 e. The summed E-state index contributed by atoms with van der Waals surface area (Å²) >= 11 is 0. The Morgan fingerprint density at radius 2 is 1.07 bits per heavy atom. The van der Waals surface area contributed by atoms with Crippen LogP contribution < -0.4 is 9.44 Å². The molecule has 2 heterocycles. The molecular formula is C15H26N6O4S2. The Hall–Kier alpha value is -1.76. The van der Waals surface area contributed by atoms with Gasteiger partial charge in [-0.05, 0) is 34.1 Å². The molecule has 0 radical (unpaired) electrons. The first-order valence-electron chi connectivity index (χ1n) is 8.38. The van der Waals surface area contributed by atoms with Crippen LogP contribution in [0.1, 0.15) is 29.2 Å². The Morgan fingerprint density at radius 1 is 0.741 bits per heavy atom. The number of rotatable bonds is 8. The van der Waals surface area contributed by atoms with E-state index < -0.39 is 20.0 Å². The molecule has 0 aliphatic heterocycles. The Balaban J connectivity index is 1.95. The van der Waals surface area contributed by atoms with Crippen LogP contribution in [0.5, 0.6) is 0 Å². The van der Waals surface area contributed by atoms with Gasteiger partial charge in [-0.15, -0.1) is 0 Å². The van der Waals surface area contributed by atoms with Crippen LogP contribution in [0.4, 0.5) is 0 Å². The van der Waals surface area contributed by atoms with Crippen molar-refractivity contribution in [2.75, 3.05) is 13.1 Å². The molecule has 0 amide bonds. The van der Waals surface area contributed by atoms with Gasteiger partial charge in [-0.3, -0.25) is 9.36 Å². The van der Waals surface area contributed by atoms with Crippen LogP contribution in [0, 0.1) is 27.7 Å². The Bertz CT molecular complexity index is 966. The maximum Gasteiger partial charge on any atom is 0.244 e. The molecule has 0 saturated heterocycles. The molecule has 2 aromatic rings. The molecule has 0 aromatic carbocycles. The zero-order valence-corrected chi connectivity index (χ0v) is 18.0. The van der Waals surface area contributed by atoms with Gasteiger partial charge >= 0.3 is 0 Å². The summed E-state index contributed by atoms with van der Waals surface area (Å²) < 4.78 is 57.8. The first kappa shape index (κ1) is 21.5. The summed E-state index contributed by atoms with van der Waals surface area (Å²) in [5, 5.41) is 8.21. The third-order valence-electron chi connectivity index (χ3n) is 4.36. The molecule has 0 aliphatic carbocycles. The van der Waals surface area contributed by atoms with E-state index >= 15 is 0 Å². The number of aromatic nitrogens is 4. The van der Waals surface area contributed by atoms with Crippen molar-refractivity contribution in [1.29, 1.82) is 0 Å². The van der Waals surface area contributed by atoms with Crippen LogP contribution in [-0.2, 0) is 34.1 Å². The van der Waals surface area contributed by atoms with E-state index in [4.69, 9.17) is 0 Å². The lowest BCUT2D eigenvalue weighted by atomic mass is 10.4. The van der Waals surface area contributed by atoms with Crippen molar-refractivity contribution in [2.45, 2.75) is 43.9 Å². The van der Waals surface area contributed by atoms with Crippen molar-refractivity contribution in [3.05, 3.63) is 22.8 Å². The van der Waals surface area contributed by atoms with Crippen molar-refractivity contribution in [2.24, 2.45) is 14.1 Å². The summed E-state index contributed by atoms with van der Waals surface area (Å²) in [5.41, 5.74) is 1.93. The molecule has 2 rings (SSSR count). The molecule has 12 heteroatoms. The molecule has 0 saturated carbocycles. The number of aryl methyl sites for hydroxylation is 4. The fourth-order valence-electron chi connectivity index (χ4n) is 2.93. The van der Waals surface area contributed by atoms with E-state index in [1.165, 1.54) is 9.36 Å². The summed E-state index contributed by atoms with van der Waals surface area (Å²) in [4.78, 5) is 0.319. The Morgan fingerprint density at radius 3 is 1.33 bits per heavy atom. The SMILES string of the molecule is Cc1nn(C)c(C)c1S(=O)(=O)NCCCNS(=O)(=O)c1c(C)nn(C)c1C. The number of hydrogen-bond acceptors (Lipinski definition) is 6. The van der Waals surface area contributed by atoms with E-state index in [-0.39, 0.29) is 22.9 Å². The number of nitrogens with zero attached hydrogens (tertiary/aromatic N) is 4. The van der Waals surface area contributed by atoms with Crippen LogP contribution in [0.25, 0.3) is 0 Å². The monoisotopic (exact) mass is 418 g/mol. The van der Waals surface area contributed by atoms with Gasteiger partial charge in [0, 0.05) is 27.2 Å². The molecule has 0 fully saturated rings. The largest absolute Gasteiger partial charge is 0.271 e. The summed E-state index contributed by atoms with van der Waals surface area (Å²) in [6.45, 7) is 6.83. The average Bonchev–Trinajstić information content (AvgIpc) is 2.94. The predicted octanol–water partition coefficient (Wildman–Crippen LogP) is 0.0342. The van der Waals surface area contributed by atoms with Gasteiger partial charge in [0.2, 0.25) is 20.0 Å². The van der Waals surface area contributed by atoms with Crippen molar-refractivity contribution in [3.63, 3.8) is 0 Å². The molecule has 0 unspecified atom stereocenters. The molecule has 0 atom stereocenters. The number of sulfonamides is 2. The van der Waals surface area contributed by atoms with Gasteiger partial charge in [-0.25, -0.2) is 26.3 Å². The Labute approximate surface area is 160 Å². The zero-order chi connectivity index (χ0) is 20.6. The first-order chi connectivity index (χ1) is 12.4. The highest BCUT2D eigenvalue weighted by Crippen LogP contribution is 2.19. The van der Waals surface area contributed by atoms with Gasteiger partial charge in [0.15, 0.2) is 0 Å². The molecule has 0 bridgehead atoms. The van der Waals surface area contributed by atoms with E-state index in [0.29, 0.717) is 29.2 Å². The zero-order valence-electron chi connectivity index (χ0n) is 16.4. The maximum absolute atomic E-state index is 12.4. The van der Waals surface area contributed by atoms with E-state index in [1.54, 1.807) is 41.8 Å². The van der Waals surface area contributed by atoms with Gasteiger partial charge in [-0.2, -0.15) is 10.2 Å². The van der Waals surface area contributed by atoms with Crippen molar-refractivity contribution in [1.82, 2.24) is 29.0 Å². The van der Waals surface area contributed by atoms with Gasteiger partial charge < -0.3 is 0 Å². The molecule has 0 spiro atoms. The number of nitrogens with one attached hydrogen (secondary N) is 2. The third kappa shape index (κ3) is 4.39. The topological polar surface area (TPSA) is 128 Å². The fourth-order valence-corrected chi connectivity index (χ4v) is 5.95. The van der Waals surface area contributed by atoms with Crippen molar-refractivity contribution < 1.29 is 16.8 Å². The standard InChI is InChI=1S/C15H26N6O4S2/c1-10-14(12(3)20(5)18-10)26(22,23)16-8-7-9-17-27(24,25)15-11(2)19-21(6)13(15)4/h16-17H,7-9H2,1-6H3. The van der Waals surface area contributed by atoms with E-state index in [9.17, 15) is 16.8 Å². The van der Waals surface area contributed by atoms with Crippen molar-refractivity contribution in [3.8, 4) is 0 Å². The molecule has 10 nitrogen and oxygen atoms in total.